The highest BCUT2D eigenvalue weighted by Gasteiger charge is 2.58. The van der Waals surface area contributed by atoms with Gasteiger partial charge < -0.3 is 4.74 Å². The number of halogens is 5. The molecule has 0 amide bonds. The minimum absolute atomic E-state index is 0.0450. The van der Waals surface area contributed by atoms with Gasteiger partial charge in [0.15, 0.2) is 0 Å². The second-order valence-electron chi connectivity index (χ2n) is 2.80. The van der Waals surface area contributed by atoms with Crippen LogP contribution in [0.25, 0.3) is 0 Å². The largest absolute Gasteiger partial charge is 0.497 e. The molecule has 0 aromatic heterocycles. The maximum atomic E-state index is 12.8. The number of methoxy groups -OCH3 is 1. The zero-order valence-corrected chi connectivity index (χ0v) is 7.61. The molecule has 0 N–H and O–H groups in total. The molecule has 0 atom stereocenters. The summed E-state index contributed by atoms with van der Waals surface area (Å²) in [6.07, 6.45) is -5.60. The van der Waals surface area contributed by atoms with Crippen molar-refractivity contribution >= 4 is 0 Å². The average molecular weight is 226 g/mol. The highest BCUT2D eigenvalue weighted by Crippen LogP contribution is 2.44. The van der Waals surface area contributed by atoms with Crippen molar-refractivity contribution in [2.24, 2.45) is 0 Å². The lowest BCUT2D eigenvalue weighted by atomic mass is 10.1. The lowest BCUT2D eigenvalue weighted by Crippen LogP contribution is -2.33. The molecule has 1 nitrogen and oxygen atoms in total. The Labute approximate surface area is 82.5 Å². The second-order valence-corrected chi connectivity index (χ2v) is 2.80. The van der Waals surface area contributed by atoms with Gasteiger partial charge in [0.2, 0.25) is 0 Å². The highest BCUT2D eigenvalue weighted by molar-refractivity contribution is 5.31. The molecule has 15 heavy (non-hydrogen) atoms. The minimum atomic E-state index is -5.60. The molecule has 6 heteroatoms. The van der Waals surface area contributed by atoms with Gasteiger partial charge in [0.25, 0.3) is 0 Å². The number of benzene rings is 1. The molecule has 0 saturated heterocycles. The van der Waals surface area contributed by atoms with Crippen molar-refractivity contribution in [3.63, 3.8) is 0 Å². The zero-order chi connectivity index (χ0) is 11.7. The van der Waals surface area contributed by atoms with E-state index in [1.807, 2.05) is 0 Å². The predicted molar refractivity (Wildman–Crippen MR) is 42.9 cm³/mol. The van der Waals surface area contributed by atoms with Gasteiger partial charge in [-0.15, -0.1) is 0 Å². The zero-order valence-electron chi connectivity index (χ0n) is 7.61. The fraction of sp³-hybridized carbons (Fsp3) is 0.333. The van der Waals surface area contributed by atoms with Crippen LogP contribution in [0.3, 0.4) is 0 Å². The number of ether oxygens (including phenoxy) is 1. The van der Waals surface area contributed by atoms with E-state index in [-0.39, 0.29) is 5.75 Å². The molecule has 0 aliphatic heterocycles. The third-order valence-corrected chi connectivity index (χ3v) is 1.79. The van der Waals surface area contributed by atoms with Crippen molar-refractivity contribution in [1.82, 2.24) is 0 Å². The minimum Gasteiger partial charge on any atom is -0.497 e. The monoisotopic (exact) mass is 226 g/mol. The molecule has 0 unspecified atom stereocenters. The van der Waals surface area contributed by atoms with E-state index in [1.54, 1.807) is 0 Å². The first-order chi connectivity index (χ1) is 6.79. The first kappa shape index (κ1) is 11.7. The van der Waals surface area contributed by atoms with Gasteiger partial charge in [0, 0.05) is 5.56 Å². The third-order valence-electron chi connectivity index (χ3n) is 1.79. The summed E-state index contributed by atoms with van der Waals surface area (Å²) in [5.74, 6) is -4.90. The van der Waals surface area contributed by atoms with Crippen LogP contribution in [0.4, 0.5) is 22.0 Å². The van der Waals surface area contributed by atoms with Crippen LogP contribution in [0.5, 0.6) is 5.75 Å². The smallest absolute Gasteiger partial charge is 0.458 e. The van der Waals surface area contributed by atoms with E-state index in [4.69, 9.17) is 0 Å². The lowest BCUT2D eigenvalue weighted by Gasteiger charge is -2.20. The molecule has 0 fully saturated rings. The molecule has 0 aliphatic carbocycles. The summed E-state index contributed by atoms with van der Waals surface area (Å²) in [6.45, 7) is 0. The first-order valence-corrected chi connectivity index (χ1v) is 3.88. The van der Waals surface area contributed by atoms with E-state index in [2.05, 4.69) is 4.74 Å². The molecule has 1 aromatic rings. The van der Waals surface area contributed by atoms with Crippen molar-refractivity contribution in [3.8, 4) is 5.75 Å². The summed E-state index contributed by atoms with van der Waals surface area (Å²) >= 11 is 0. The quantitative estimate of drug-likeness (QED) is 0.702. The molecule has 0 aliphatic rings. The van der Waals surface area contributed by atoms with Crippen LogP contribution >= 0.6 is 0 Å². The summed E-state index contributed by atoms with van der Waals surface area (Å²) in [5.41, 5.74) is -1.13. The Kier molecular flexibility index (Phi) is 2.88. The van der Waals surface area contributed by atoms with Gasteiger partial charge in [0.05, 0.1) is 7.11 Å². The van der Waals surface area contributed by atoms with Gasteiger partial charge in [-0.25, -0.2) is 0 Å². The van der Waals surface area contributed by atoms with Crippen molar-refractivity contribution in [1.29, 1.82) is 0 Å². The molecule has 84 valence electrons. The summed E-state index contributed by atoms with van der Waals surface area (Å²) in [7, 11) is 1.19. The Hall–Kier alpha value is -1.33. The SMILES string of the molecule is COc1cccc(C(F)(F)C(F)(F)F)c1. The maximum absolute atomic E-state index is 12.8. The van der Waals surface area contributed by atoms with Gasteiger partial charge in [-0.1, -0.05) is 12.1 Å². The van der Waals surface area contributed by atoms with E-state index < -0.39 is 17.7 Å². The maximum Gasteiger partial charge on any atom is 0.458 e. The molecular weight excluding hydrogens is 219 g/mol. The lowest BCUT2D eigenvalue weighted by molar-refractivity contribution is -0.289. The third kappa shape index (κ3) is 2.19. The normalized spacial score (nSPS) is 12.7. The fourth-order valence-corrected chi connectivity index (χ4v) is 0.982. The molecule has 1 aromatic carbocycles. The van der Waals surface area contributed by atoms with E-state index in [9.17, 15) is 22.0 Å². The van der Waals surface area contributed by atoms with Crippen LogP contribution in [-0.4, -0.2) is 13.3 Å². The van der Waals surface area contributed by atoms with Gasteiger partial charge >= 0.3 is 12.1 Å². The van der Waals surface area contributed by atoms with Gasteiger partial charge in [0.1, 0.15) is 5.75 Å². The molecule has 0 bridgehead atoms. The Morgan fingerprint density at radius 1 is 1.07 bits per heavy atom. The second kappa shape index (κ2) is 3.67. The molecule has 0 heterocycles. The van der Waals surface area contributed by atoms with Crippen LogP contribution in [-0.2, 0) is 5.92 Å². The number of alkyl halides is 5. The molecule has 0 spiro atoms. The van der Waals surface area contributed by atoms with E-state index in [1.165, 1.54) is 13.2 Å². The van der Waals surface area contributed by atoms with Crippen molar-refractivity contribution in [2.45, 2.75) is 12.1 Å². The van der Waals surface area contributed by atoms with E-state index in [0.29, 0.717) is 12.1 Å². The van der Waals surface area contributed by atoms with Crippen LogP contribution in [0.1, 0.15) is 5.56 Å². The van der Waals surface area contributed by atoms with Crippen molar-refractivity contribution < 1.29 is 26.7 Å². The Morgan fingerprint density at radius 3 is 2.13 bits per heavy atom. The van der Waals surface area contributed by atoms with E-state index in [0.717, 1.165) is 6.07 Å². The summed E-state index contributed by atoms with van der Waals surface area (Å²) < 4.78 is 66.1. The van der Waals surface area contributed by atoms with E-state index >= 15 is 0 Å². The molecule has 0 saturated carbocycles. The highest BCUT2D eigenvalue weighted by atomic mass is 19.4. The van der Waals surface area contributed by atoms with Gasteiger partial charge in [-0.3, -0.25) is 0 Å². The Balaban J connectivity index is 3.15. The predicted octanol–water partition coefficient (Wildman–Crippen LogP) is 3.35. The van der Waals surface area contributed by atoms with Gasteiger partial charge in [-0.2, -0.15) is 22.0 Å². The van der Waals surface area contributed by atoms with Crippen molar-refractivity contribution in [3.05, 3.63) is 29.8 Å². The molecule has 1 rings (SSSR count). The molecular formula is C9H7F5O. The number of hydrogen-bond donors (Lipinski definition) is 0. The Morgan fingerprint density at radius 2 is 1.67 bits per heavy atom. The van der Waals surface area contributed by atoms with Crippen LogP contribution < -0.4 is 4.74 Å². The van der Waals surface area contributed by atoms with Crippen LogP contribution in [0.15, 0.2) is 24.3 Å². The van der Waals surface area contributed by atoms with Crippen LogP contribution in [0, 0.1) is 0 Å². The first-order valence-electron chi connectivity index (χ1n) is 3.88. The number of rotatable bonds is 2. The van der Waals surface area contributed by atoms with Crippen molar-refractivity contribution in [2.75, 3.05) is 7.11 Å². The summed E-state index contributed by atoms with van der Waals surface area (Å²) in [4.78, 5) is 0. The molecule has 0 radical (unpaired) electrons. The summed E-state index contributed by atoms with van der Waals surface area (Å²) in [6, 6.07) is 3.73. The number of hydrogen-bond acceptors (Lipinski definition) is 1. The Bertz CT molecular complexity index is 345. The van der Waals surface area contributed by atoms with Gasteiger partial charge in [-0.05, 0) is 12.1 Å². The average Bonchev–Trinajstić information content (AvgIpc) is 2.16. The van der Waals surface area contributed by atoms with Crippen LogP contribution in [0.2, 0.25) is 0 Å². The topological polar surface area (TPSA) is 9.23 Å². The standard InChI is InChI=1S/C9H7F5O/c1-15-7-4-2-3-6(5-7)8(10,11)9(12,13)14/h2-5H,1H3. The summed E-state index contributed by atoms with van der Waals surface area (Å²) in [5, 5.41) is 0. The fourth-order valence-electron chi connectivity index (χ4n) is 0.982.